The average molecular weight is 206 g/mol. The molecule has 0 heterocycles. The topological polar surface area (TPSA) is 75.7 Å². The highest BCUT2D eigenvalue weighted by atomic mass is 16.3. The van der Waals surface area contributed by atoms with Crippen molar-refractivity contribution in [2.45, 2.75) is 32.3 Å². The molecule has 3 N–H and O–H groups in total. The summed E-state index contributed by atoms with van der Waals surface area (Å²) >= 11 is 0. The maximum Gasteiger partial charge on any atom is 0.131 e. The number of rotatable bonds is 1. The highest BCUT2D eigenvalue weighted by molar-refractivity contribution is 5.71. The maximum atomic E-state index is 10.6. The van der Waals surface area contributed by atoms with Crippen LogP contribution in [0, 0.1) is 11.8 Å². The Morgan fingerprint density at radius 2 is 2.27 bits per heavy atom. The number of benzene rings is 1. The van der Waals surface area contributed by atoms with E-state index >= 15 is 0 Å². The molecule has 1 aliphatic carbocycles. The molecule has 0 saturated heterocycles. The van der Waals surface area contributed by atoms with E-state index in [-0.39, 0.29) is 6.10 Å². The van der Waals surface area contributed by atoms with Crippen LogP contribution in [0.15, 0.2) is 11.2 Å². The van der Waals surface area contributed by atoms with Crippen molar-refractivity contribution in [2.24, 2.45) is 5.18 Å². The summed E-state index contributed by atoms with van der Waals surface area (Å²) in [7, 11) is 0. The molecule has 15 heavy (non-hydrogen) atoms. The van der Waals surface area contributed by atoms with E-state index in [0.717, 1.165) is 24.0 Å². The standard InChI is InChI=1S/C11H14N2O2/c1-6-4-10(13-15)11(12)9-5-7(14)2-3-8(6)9/h4,7,14H,2-3,5,12H2,1H3. The van der Waals surface area contributed by atoms with Gasteiger partial charge in [-0.15, -0.1) is 4.91 Å². The largest absolute Gasteiger partial charge is 0.397 e. The van der Waals surface area contributed by atoms with Gasteiger partial charge in [-0.1, -0.05) is 0 Å². The molecule has 1 unspecified atom stereocenters. The van der Waals surface area contributed by atoms with Crippen LogP contribution in [-0.4, -0.2) is 11.2 Å². The van der Waals surface area contributed by atoms with Gasteiger partial charge in [-0.2, -0.15) is 0 Å². The van der Waals surface area contributed by atoms with Crippen LogP contribution < -0.4 is 5.73 Å². The highest BCUT2D eigenvalue weighted by Gasteiger charge is 2.22. The first-order valence-electron chi connectivity index (χ1n) is 5.05. The zero-order valence-corrected chi connectivity index (χ0v) is 8.66. The van der Waals surface area contributed by atoms with Crippen molar-refractivity contribution >= 4 is 11.4 Å². The molecular weight excluding hydrogens is 192 g/mol. The lowest BCUT2D eigenvalue weighted by Crippen LogP contribution is -2.20. The molecule has 4 heteroatoms. The van der Waals surface area contributed by atoms with Gasteiger partial charge in [0.1, 0.15) is 5.69 Å². The number of aliphatic hydroxyl groups is 1. The van der Waals surface area contributed by atoms with Crippen LogP contribution in [0.2, 0.25) is 0 Å². The minimum Gasteiger partial charge on any atom is -0.397 e. The second-order valence-corrected chi connectivity index (χ2v) is 4.07. The molecule has 1 aromatic carbocycles. The number of aliphatic hydroxyl groups excluding tert-OH is 1. The van der Waals surface area contributed by atoms with E-state index in [1.807, 2.05) is 6.92 Å². The number of nitrogens with zero attached hydrogens (tertiary/aromatic N) is 1. The van der Waals surface area contributed by atoms with E-state index in [2.05, 4.69) is 5.18 Å². The molecular formula is C11H14N2O2. The quantitative estimate of drug-likeness (QED) is 0.543. The van der Waals surface area contributed by atoms with E-state index in [9.17, 15) is 10.0 Å². The Hall–Kier alpha value is -1.42. The van der Waals surface area contributed by atoms with Crippen molar-refractivity contribution in [3.63, 3.8) is 0 Å². The molecule has 0 amide bonds. The Balaban J connectivity index is 2.60. The molecule has 0 aromatic heterocycles. The minimum absolute atomic E-state index is 0.292. The van der Waals surface area contributed by atoms with Crippen molar-refractivity contribution in [1.29, 1.82) is 0 Å². The molecule has 1 aliphatic rings. The molecule has 0 radical (unpaired) electrons. The van der Waals surface area contributed by atoms with Crippen LogP contribution in [0.4, 0.5) is 11.4 Å². The van der Waals surface area contributed by atoms with Crippen LogP contribution in [0.5, 0.6) is 0 Å². The number of hydrogen-bond acceptors (Lipinski definition) is 4. The number of nitrogen functional groups attached to an aromatic ring is 1. The fourth-order valence-electron chi connectivity index (χ4n) is 2.23. The molecule has 0 aliphatic heterocycles. The van der Waals surface area contributed by atoms with Crippen LogP contribution in [-0.2, 0) is 12.8 Å². The molecule has 0 bridgehead atoms. The lowest BCUT2D eigenvalue weighted by atomic mass is 9.85. The summed E-state index contributed by atoms with van der Waals surface area (Å²) in [4.78, 5) is 10.6. The van der Waals surface area contributed by atoms with Crippen molar-refractivity contribution < 1.29 is 5.11 Å². The smallest absolute Gasteiger partial charge is 0.131 e. The molecule has 80 valence electrons. The Bertz CT molecular complexity index is 416. The second kappa shape index (κ2) is 3.62. The summed E-state index contributed by atoms with van der Waals surface area (Å²) in [6.07, 6.45) is 1.78. The zero-order chi connectivity index (χ0) is 11.0. The first kappa shape index (κ1) is 10.1. The Morgan fingerprint density at radius 1 is 1.53 bits per heavy atom. The predicted octanol–water partition coefficient (Wildman–Crippen LogP) is 1.82. The zero-order valence-electron chi connectivity index (χ0n) is 8.66. The maximum absolute atomic E-state index is 10.6. The Morgan fingerprint density at radius 3 is 2.93 bits per heavy atom. The van der Waals surface area contributed by atoms with Crippen molar-refractivity contribution in [2.75, 3.05) is 5.73 Å². The minimum atomic E-state index is -0.346. The molecule has 0 saturated carbocycles. The van der Waals surface area contributed by atoms with Crippen molar-refractivity contribution in [1.82, 2.24) is 0 Å². The number of anilines is 1. The molecule has 0 spiro atoms. The predicted molar refractivity (Wildman–Crippen MR) is 59.1 cm³/mol. The summed E-state index contributed by atoms with van der Waals surface area (Å²) in [5.74, 6) is 0. The average Bonchev–Trinajstić information content (AvgIpc) is 2.23. The van der Waals surface area contributed by atoms with Gasteiger partial charge in [0.2, 0.25) is 0 Å². The van der Waals surface area contributed by atoms with E-state index in [1.54, 1.807) is 6.07 Å². The summed E-state index contributed by atoms with van der Waals surface area (Å²) in [5, 5.41) is 12.5. The number of hydrogen-bond donors (Lipinski definition) is 2. The molecule has 1 aromatic rings. The normalized spacial score (nSPS) is 19.7. The van der Waals surface area contributed by atoms with Gasteiger partial charge in [0, 0.05) is 6.42 Å². The van der Waals surface area contributed by atoms with Gasteiger partial charge in [-0.3, -0.25) is 0 Å². The third-order valence-electron chi connectivity index (χ3n) is 3.06. The van der Waals surface area contributed by atoms with Crippen LogP contribution >= 0.6 is 0 Å². The van der Waals surface area contributed by atoms with Crippen LogP contribution in [0.1, 0.15) is 23.1 Å². The Kier molecular flexibility index (Phi) is 2.44. The SMILES string of the molecule is Cc1cc(N=O)c(N)c2c1CCC(O)C2. The van der Waals surface area contributed by atoms with Crippen LogP contribution in [0.3, 0.4) is 0 Å². The molecule has 4 nitrogen and oxygen atoms in total. The number of nitroso groups, excluding NO2 is 1. The van der Waals surface area contributed by atoms with E-state index < -0.39 is 0 Å². The molecule has 1 atom stereocenters. The van der Waals surface area contributed by atoms with E-state index in [0.29, 0.717) is 17.8 Å². The van der Waals surface area contributed by atoms with E-state index in [1.165, 1.54) is 5.56 Å². The first-order chi connectivity index (χ1) is 7.13. The summed E-state index contributed by atoms with van der Waals surface area (Å²) in [6, 6.07) is 1.72. The van der Waals surface area contributed by atoms with Gasteiger partial charge in [-0.25, -0.2) is 0 Å². The fourth-order valence-corrected chi connectivity index (χ4v) is 2.23. The summed E-state index contributed by atoms with van der Waals surface area (Å²) in [6.45, 7) is 1.95. The van der Waals surface area contributed by atoms with Crippen LogP contribution in [0.25, 0.3) is 0 Å². The third kappa shape index (κ3) is 1.61. The highest BCUT2D eigenvalue weighted by Crippen LogP contribution is 2.35. The molecule has 2 rings (SSSR count). The van der Waals surface area contributed by atoms with Gasteiger partial charge in [0.15, 0.2) is 0 Å². The number of nitrogens with two attached hydrogens (primary N) is 1. The second-order valence-electron chi connectivity index (χ2n) is 4.07. The summed E-state index contributed by atoms with van der Waals surface area (Å²) < 4.78 is 0. The lowest BCUT2D eigenvalue weighted by molar-refractivity contribution is 0.159. The third-order valence-corrected chi connectivity index (χ3v) is 3.06. The number of fused-ring (bicyclic) bond motifs is 1. The van der Waals surface area contributed by atoms with Crippen molar-refractivity contribution in [3.05, 3.63) is 27.7 Å². The van der Waals surface area contributed by atoms with Crippen molar-refractivity contribution in [3.8, 4) is 0 Å². The summed E-state index contributed by atoms with van der Waals surface area (Å²) in [5.41, 5.74) is 9.69. The van der Waals surface area contributed by atoms with E-state index in [4.69, 9.17) is 5.73 Å². The monoisotopic (exact) mass is 206 g/mol. The number of aryl methyl sites for hydroxylation is 1. The Labute approximate surface area is 88.1 Å². The van der Waals surface area contributed by atoms with Gasteiger partial charge in [-0.05, 0) is 47.7 Å². The van der Waals surface area contributed by atoms with Gasteiger partial charge < -0.3 is 10.8 Å². The molecule has 0 fully saturated rings. The van der Waals surface area contributed by atoms with Gasteiger partial charge in [0.25, 0.3) is 0 Å². The lowest BCUT2D eigenvalue weighted by Gasteiger charge is -2.24. The first-order valence-corrected chi connectivity index (χ1v) is 5.05. The van der Waals surface area contributed by atoms with Gasteiger partial charge >= 0.3 is 0 Å². The van der Waals surface area contributed by atoms with Gasteiger partial charge in [0.05, 0.1) is 11.8 Å². The fraction of sp³-hybridized carbons (Fsp3) is 0.455.